The van der Waals surface area contributed by atoms with Gasteiger partial charge in [0.2, 0.25) is 0 Å². The van der Waals surface area contributed by atoms with Crippen molar-refractivity contribution in [3.8, 4) is 11.5 Å². The molecule has 6 N–H and O–H groups in total. The van der Waals surface area contributed by atoms with E-state index in [1.807, 2.05) is 184 Å². The number of hydrogen-bond donors (Lipinski definition) is 6. The normalized spacial score (nSPS) is 12.9. The molecule has 0 atom stereocenters. The Labute approximate surface area is 642 Å². The zero-order chi connectivity index (χ0) is 79.2. The Balaban J connectivity index is 0.000000142. The Morgan fingerprint density at radius 2 is 1.10 bits per heavy atom. The summed E-state index contributed by atoms with van der Waals surface area (Å²) in [6.45, 7) is 26.6. The van der Waals surface area contributed by atoms with E-state index < -0.39 is 17.3 Å². The molecular weight excluding hydrogens is 1420 g/mol. The predicted octanol–water partition coefficient (Wildman–Crippen LogP) is 20.4. The minimum absolute atomic E-state index is 0.235. The number of oxazole rings is 1. The van der Waals surface area contributed by atoms with Gasteiger partial charge in [0.1, 0.15) is 51.4 Å². The zero-order valence-corrected chi connectivity index (χ0v) is 66.0. The second-order valence-electron chi connectivity index (χ2n) is 27.8. The number of phenolic OH excluding ortho intramolecular Hbond substituents is 1. The van der Waals surface area contributed by atoms with E-state index in [-0.39, 0.29) is 17.4 Å². The number of nitrogens with one attached hydrogen (secondary N) is 5. The average molecular weight is 1520 g/mol. The van der Waals surface area contributed by atoms with Crippen LogP contribution in [0.25, 0.3) is 87.9 Å². The number of aryl methyl sites for hydroxylation is 9. The molecule has 0 bridgehead atoms. The Hall–Kier alpha value is -11.3. The quantitative estimate of drug-likeness (QED) is 0.0838. The summed E-state index contributed by atoms with van der Waals surface area (Å²) in [7, 11) is 7.69. The van der Waals surface area contributed by atoms with Crippen molar-refractivity contribution in [2.75, 3.05) is 58.9 Å². The van der Waals surface area contributed by atoms with Gasteiger partial charge in [-0.2, -0.15) is 24.9 Å². The van der Waals surface area contributed by atoms with Gasteiger partial charge in [-0.25, -0.2) is 33.8 Å². The van der Waals surface area contributed by atoms with Crippen LogP contribution in [0.5, 0.6) is 11.5 Å². The van der Waals surface area contributed by atoms with Crippen LogP contribution in [0, 0.1) is 61.2 Å². The van der Waals surface area contributed by atoms with E-state index >= 15 is 0 Å². The number of H-pyrrole nitrogens is 5. The largest absolute Gasteiger partial charge is 0.508 e. The zero-order valence-electron chi connectivity index (χ0n) is 65.2. The number of benzene rings is 8. The molecule has 20 nitrogen and oxygen atoms in total. The van der Waals surface area contributed by atoms with E-state index in [1.165, 1.54) is 96.3 Å². The van der Waals surface area contributed by atoms with Crippen molar-refractivity contribution in [3.05, 3.63) is 239 Å². The van der Waals surface area contributed by atoms with Crippen molar-refractivity contribution in [3.63, 3.8) is 0 Å². The van der Waals surface area contributed by atoms with Crippen molar-refractivity contribution in [1.29, 1.82) is 0 Å². The SMILES string of the molecule is CN1CCCCC1.CN1CCSCC1.COc1ccc2[nH]cc(C)c2c1.Cc1c[nH]c2ccc(O)cc12.Cc1ccc2nc(C)[nH]c2c1.Cc1cn(C(=O)OC(C)(C)C)c2ccccc12.Cc1nc2ccc(F)cc2[nH]1.Cc1nc2ccccc2[nH]1.Cc1nc2ccccc2o1.Cn1nnc2cc(C(F)(F)F)ccc21. The molecule has 2 aliphatic rings. The number of fused-ring (bicyclic) bond motifs is 8. The monoisotopic (exact) mass is 1520 g/mol. The summed E-state index contributed by atoms with van der Waals surface area (Å²) in [6, 6.07) is 49.0. The van der Waals surface area contributed by atoms with Gasteiger partial charge in [-0.3, -0.25) is 4.57 Å². The molecule has 0 saturated carbocycles. The number of imidazole rings is 3. The fourth-order valence-corrected chi connectivity index (χ4v) is 12.9. The van der Waals surface area contributed by atoms with Gasteiger partial charge in [-0.1, -0.05) is 60.2 Å². The highest BCUT2D eigenvalue weighted by Gasteiger charge is 2.31. The number of aromatic nitrogens is 13. The van der Waals surface area contributed by atoms with Crippen LogP contribution >= 0.6 is 11.8 Å². The molecule has 16 aromatic rings. The highest BCUT2D eigenvalue weighted by atomic mass is 32.2. The van der Waals surface area contributed by atoms with Gasteiger partial charge in [0.25, 0.3) is 0 Å². The van der Waals surface area contributed by atoms with Crippen LogP contribution in [-0.4, -0.2) is 150 Å². The summed E-state index contributed by atoms with van der Waals surface area (Å²) in [5, 5.41) is 19.8. The van der Waals surface area contributed by atoms with E-state index in [0.29, 0.717) is 11.3 Å². The number of rotatable bonds is 1. The highest BCUT2D eigenvalue weighted by Crippen LogP contribution is 2.31. The molecule has 8 aromatic carbocycles. The number of aromatic hydroxyl groups is 1. The summed E-state index contributed by atoms with van der Waals surface area (Å²) >= 11 is 2.06. The molecule has 2 fully saturated rings. The molecule has 0 amide bonds. The minimum Gasteiger partial charge on any atom is -0.508 e. The van der Waals surface area contributed by atoms with Crippen LogP contribution < -0.4 is 4.74 Å². The first-order valence-electron chi connectivity index (χ1n) is 36.3. The molecule has 0 radical (unpaired) electrons. The number of carbonyl (C=O) groups excluding carboxylic acids is 1. The Morgan fingerprint density at radius 1 is 0.536 bits per heavy atom. The van der Waals surface area contributed by atoms with Gasteiger partial charge in [0.05, 0.1) is 56.8 Å². The molecule has 0 spiro atoms. The number of halogens is 4. The summed E-state index contributed by atoms with van der Waals surface area (Å²) in [5.74, 6) is 7.14. The summed E-state index contributed by atoms with van der Waals surface area (Å²) < 4.78 is 68.2. The lowest BCUT2D eigenvalue weighted by atomic mass is 10.1. The van der Waals surface area contributed by atoms with Gasteiger partial charge < -0.3 is 53.7 Å². The van der Waals surface area contributed by atoms with E-state index in [9.17, 15) is 22.4 Å². The first-order chi connectivity index (χ1) is 52.5. The number of piperidine rings is 1. The molecule has 578 valence electrons. The Morgan fingerprint density at radius 3 is 1.69 bits per heavy atom. The molecule has 2 aliphatic heterocycles. The maximum atomic E-state index is 12.6. The van der Waals surface area contributed by atoms with Crippen LogP contribution in [0.2, 0.25) is 0 Å². The third-order valence-corrected chi connectivity index (χ3v) is 18.4. The predicted molar refractivity (Wildman–Crippen MR) is 438 cm³/mol. The standard InChI is InChI=1S/C14H17NO2.C10H11NO.C9H10N2.C9H9NO.C8H6F3N3.C8H7FN2.C8H8N2.C8H7NO.C6H13N.C5H11NS/c1-10-9-15(13(16)17-14(2,3)4)12-8-6-5-7-11(10)12;1-7-6-11-10-4-3-8(12-2)5-9(7)10;1-6-3-4-8-9(5-6)11-7(2)10-8;1-6-5-10-9-3-2-7(11)4-8(6)9;1-14-7-3-2-5(8(9,10)11)4-6(7)12-13-14;1-5-10-7-3-2-6(9)4-8(7)11-5;2*1-6-9-7-4-2-3-5-8(7)10-6;1-7-5-3-2-4-6-7;1-6-2-4-7-5-3-6/h5-9H,1-4H3;3-6,11H,1-2H3;3-5H,1-2H3,(H,10,11);2-5,10-11H,1H3;2-4H,1H3;2-4H,1H3,(H,10,11);2-5H,1H3,(H,9,10);2-5H,1H3;2-6H2,1H3;2-5H2,1H3. The highest BCUT2D eigenvalue weighted by molar-refractivity contribution is 7.99. The number of alkyl halides is 3. The maximum Gasteiger partial charge on any atom is 0.418 e. The first-order valence-corrected chi connectivity index (χ1v) is 37.4. The second-order valence-corrected chi connectivity index (χ2v) is 29.0. The van der Waals surface area contributed by atoms with E-state index in [2.05, 4.69) is 117 Å². The number of hydrogen-bond acceptors (Lipinski definition) is 14. The number of phenols is 1. The fraction of sp³-hybridized carbons (Fsp3) is 0.306. The molecule has 0 unspecified atom stereocenters. The molecule has 18 rings (SSSR count). The van der Waals surface area contributed by atoms with Gasteiger partial charge in [0.15, 0.2) is 11.5 Å². The maximum absolute atomic E-state index is 12.6. The summed E-state index contributed by atoms with van der Waals surface area (Å²) in [5.41, 5.74) is 15.2. The number of aromatic amines is 5. The molecule has 10 heterocycles. The van der Waals surface area contributed by atoms with Gasteiger partial charge in [0, 0.05) is 84.3 Å². The van der Waals surface area contributed by atoms with Crippen molar-refractivity contribution in [2.24, 2.45) is 7.05 Å². The lowest BCUT2D eigenvalue weighted by Gasteiger charge is -2.20. The molecule has 8 aromatic heterocycles. The average Bonchev–Trinajstić information content (AvgIpc) is 1.57. The van der Waals surface area contributed by atoms with Crippen molar-refractivity contribution < 1.29 is 41.4 Å². The van der Waals surface area contributed by atoms with E-state index in [1.54, 1.807) is 36.9 Å². The van der Waals surface area contributed by atoms with Crippen LogP contribution in [0.1, 0.15) is 91.2 Å². The lowest BCUT2D eigenvalue weighted by molar-refractivity contribution is -0.137. The number of para-hydroxylation sites is 5. The fourth-order valence-electron chi connectivity index (χ4n) is 11.8. The Bertz CT molecular complexity index is 5350. The van der Waals surface area contributed by atoms with Crippen LogP contribution in [0.3, 0.4) is 0 Å². The van der Waals surface area contributed by atoms with E-state index in [4.69, 9.17) is 19.0 Å². The molecular formula is C85H99F4N15O5S. The number of carbonyl (C=O) groups is 1. The van der Waals surface area contributed by atoms with Crippen LogP contribution in [-0.2, 0) is 18.0 Å². The number of methoxy groups -OCH3 is 1. The lowest BCUT2D eigenvalue weighted by Crippen LogP contribution is -2.28. The molecule has 2 saturated heterocycles. The number of likely N-dealkylation sites (tertiary alicyclic amines) is 1. The van der Waals surface area contributed by atoms with Crippen molar-refractivity contribution in [2.45, 2.75) is 107 Å². The minimum atomic E-state index is -4.33. The van der Waals surface area contributed by atoms with Gasteiger partial charge in [-0.05, 0) is 247 Å². The van der Waals surface area contributed by atoms with Crippen LogP contribution in [0.4, 0.5) is 22.4 Å². The smallest absolute Gasteiger partial charge is 0.418 e. The molecule has 0 aliphatic carbocycles. The third-order valence-electron chi connectivity index (χ3n) is 17.4. The van der Waals surface area contributed by atoms with E-state index in [0.717, 1.165) is 124 Å². The van der Waals surface area contributed by atoms with Crippen molar-refractivity contribution >= 4 is 106 Å². The number of thioether (sulfide) groups is 1. The molecule has 25 heteroatoms. The second kappa shape index (κ2) is 38.7. The third kappa shape index (κ3) is 24.4. The number of ether oxygens (including phenoxy) is 2. The van der Waals surface area contributed by atoms with Crippen molar-refractivity contribution in [1.82, 2.24) is 74.2 Å². The number of nitrogens with zero attached hydrogens (tertiary/aromatic N) is 10. The summed E-state index contributed by atoms with van der Waals surface area (Å²) in [4.78, 5) is 49.2. The van der Waals surface area contributed by atoms with Gasteiger partial charge >= 0.3 is 12.3 Å². The topological polar surface area (TPSA) is 242 Å². The molecule has 110 heavy (non-hydrogen) atoms. The van der Waals surface area contributed by atoms with Gasteiger partial charge in [-0.15, -0.1) is 5.10 Å². The van der Waals surface area contributed by atoms with Crippen LogP contribution in [0.15, 0.2) is 187 Å². The first kappa shape index (κ1) is 82.8. The summed E-state index contributed by atoms with van der Waals surface area (Å²) in [6.07, 6.45) is 5.37. The Kier molecular flexibility index (Phi) is 29.1.